The predicted molar refractivity (Wildman–Crippen MR) is 142 cm³/mol. The van der Waals surface area contributed by atoms with Crippen LogP contribution in [0.2, 0.25) is 0 Å². The van der Waals surface area contributed by atoms with E-state index >= 15 is 0 Å². The van der Waals surface area contributed by atoms with Crippen LogP contribution in [0.3, 0.4) is 0 Å². The zero-order valence-electron chi connectivity index (χ0n) is 21.8. The van der Waals surface area contributed by atoms with Crippen LogP contribution in [0.15, 0.2) is 35.2 Å². The van der Waals surface area contributed by atoms with E-state index in [9.17, 15) is 9.59 Å². The summed E-state index contributed by atoms with van der Waals surface area (Å²) in [5.41, 5.74) is -0.236. The minimum atomic E-state index is -0.449. The fraction of sp³-hybridized carbons (Fsp3) is 0.714. The Morgan fingerprint density at radius 2 is 1.63 bits per heavy atom. The monoisotopic (exact) mass is 501 g/mol. The van der Waals surface area contributed by atoms with Gasteiger partial charge in [-0.15, -0.1) is 11.8 Å². The van der Waals surface area contributed by atoms with Gasteiger partial charge in [-0.05, 0) is 83.7 Å². The first kappa shape index (κ1) is 26.3. The molecule has 2 saturated heterocycles. The topological polar surface area (TPSA) is 53.1 Å². The Hall–Kier alpha value is -1.73. The number of rotatable bonds is 7. The Morgan fingerprint density at radius 3 is 2.26 bits per heavy atom. The summed E-state index contributed by atoms with van der Waals surface area (Å²) < 4.78 is 5.50. The lowest BCUT2D eigenvalue weighted by Crippen LogP contribution is -2.60. The van der Waals surface area contributed by atoms with Gasteiger partial charge in [-0.3, -0.25) is 9.69 Å². The zero-order valence-corrected chi connectivity index (χ0v) is 22.7. The second-order valence-corrected chi connectivity index (χ2v) is 12.8. The fourth-order valence-electron chi connectivity index (χ4n) is 5.61. The normalized spacial score (nSPS) is 21.1. The lowest BCUT2D eigenvalue weighted by molar-refractivity contribution is -0.140. The van der Waals surface area contributed by atoms with Crippen LogP contribution in [0, 0.1) is 11.3 Å². The van der Waals surface area contributed by atoms with E-state index in [1.165, 1.54) is 23.5 Å². The van der Waals surface area contributed by atoms with Crippen molar-refractivity contribution in [3.8, 4) is 0 Å². The summed E-state index contributed by atoms with van der Waals surface area (Å²) in [6, 6.07) is 10.6. The summed E-state index contributed by atoms with van der Waals surface area (Å²) in [5, 5.41) is 0. The van der Waals surface area contributed by atoms with E-state index in [0.29, 0.717) is 5.91 Å². The van der Waals surface area contributed by atoms with E-state index < -0.39 is 5.60 Å². The number of nitrogens with zero attached hydrogens (tertiary/aromatic N) is 3. The van der Waals surface area contributed by atoms with E-state index in [1.54, 1.807) is 0 Å². The van der Waals surface area contributed by atoms with Gasteiger partial charge in [0, 0.05) is 55.5 Å². The average molecular weight is 502 g/mol. The van der Waals surface area contributed by atoms with Gasteiger partial charge in [0.05, 0.1) is 0 Å². The van der Waals surface area contributed by atoms with Crippen molar-refractivity contribution in [3.05, 3.63) is 30.3 Å². The molecule has 0 aromatic heterocycles. The van der Waals surface area contributed by atoms with Gasteiger partial charge in [-0.1, -0.05) is 18.2 Å². The average Bonchev–Trinajstić information content (AvgIpc) is 2.82. The Labute approximate surface area is 215 Å². The highest BCUT2D eigenvalue weighted by Crippen LogP contribution is 2.46. The molecule has 1 aliphatic carbocycles. The van der Waals surface area contributed by atoms with Crippen molar-refractivity contribution in [2.24, 2.45) is 11.3 Å². The molecule has 7 heteroatoms. The molecular weight excluding hydrogens is 458 g/mol. The van der Waals surface area contributed by atoms with Crippen LogP contribution in [-0.2, 0) is 9.53 Å². The minimum Gasteiger partial charge on any atom is -0.444 e. The van der Waals surface area contributed by atoms with Gasteiger partial charge in [0.25, 0.3) is 0 Å². The number of unbranched alkanes of at least 4 members (excludes halogenated alkanes) is 1. The summed E-state index contributed by atoms with van der Waals surface area (Å²) in [7, 11) is 0. The lowest BCUT2D eigenvalue weighted by atomic mass is 9.66. The van der Waals surface area contributed by atoms with Crippen LogP contribution >= 0.6 is 11.8 Å². The third-order valence-electron chi connectivity index (χ3n) is 7.66. The van der Waals surface area contributed by atoms with Gasteiger partial charge >= 0.3 is 6.09 Å². The van der Waals surface area contributed by atoms with Gasteiger partial charge in [0.15, 0.2) is 0 Å². The molecule has 0 radical (unpaired) electrons. The summed E-state index contributed by atoms with van der Waals surface area (Å²) >= 11 is 1.94. The summed E-state index contributed by atoms with van der Waals surface area (Å²) in [4.78, 5) is 33.2. The molecule has 2 amide bonds. The first-order valence-electron chi connectivity index (χ1n) is 13.4. The van der Waals surface area contributed by atoms with Gasteiger partial charge in [-0.25, -0.2) is 4.79 Å². The molecule has 2 heterocycles. The lowest BCUT2D eigenvalue weighted by Gasteiger charge is -2.53. The number of carbonyl (C=O) groups excluding carboxylic acids is 2. The highest BCUT2D eigenvalue weighted by Gasteiger charge is 2.49. The molecule has 1 saturated carbocycles. The maximum absolute atomic E-state index is 13.2. The van der Waals surface area contributed by atoms with Crippen LogP contribution < -0.4 is 0 Å². The molecule has 0 bridgehead atoms. The molecule has 6 nitrogen and oxygen atoms in total. The molecule has 1 aromatic rings. The highest BCUT2D eigenvalue weighted by atomic mass is 32.2. The van der Waals surface area contributed by atoms with E-state index in [0.717, 1.165) is 71.5 Å². The SMILES string of the molecule is CC(C)(C)OC(=O)N1CC2(CCC(C(=O)N3CCN(CCCCSc4ccccc4)CC3)CC2)C1. The second kappa shape index (κ2) is 11.5. The molecule has 1 aromatic carbocycles. The quantitative estimate of drug-likeness (QED) is 0.383. The molecule has 0 atom stereocenters. The van der Waals surface area contributed by atoms with Crippen molar-refractivity contribution >= 4 is 23.8 Å². The van der Waals surface area contributed by atoms with Gasteiger partial charge in [0.1, 0.15) is 5.60 Å². The zero-order chi connectivity index (χ0) is 24.9. The van der Waals surface area contributed by atoms with E-state index in [4.69, 9.17) is 4.74 Å². The predicted octanol–water partition coefficient (Wildman–Crippen LogP) is 5.13. The van der Waals surface area contributed by atoms with E-state index in [2.05, 4.69) is 40.1 Å². The smallest absolute Gasteiger partial charge is 0.410 e. The summed E-state index contributed by atoms with van der Waals surface area (Å²) in [6.45, 7) is 12.2. The Bertz CT molecular complexity index is 833. The number of likely N-dealkylation sites (tertiary alicyclic amines) is 1. The Balaban J connectivity index is 1.09. The number of hydrogen-bond acceptors (Lipinski definition) is 5. The number of amides is 2. The summed E-state index contributed by atoms with van der Waals surface area (Å²) in [5.74, 6) is 1.70. The summed E-state index contributed by atoms with van der Waals surface area (Å²) in [6.07, 6.45) is 6.26. The van der Waals surface area contributed by atoms with Crippen molar-refractivity contribution in [2.45, 2.75) is 69.8 Å². The minimum absolute atomic E-state index is 0.165. The second-order valence-electron chi connectivity index (χ2n) is 11.6. The molecule has 4 rings (SSSR count). The molecule has 0 unspecified atom stereocenters. The maximum Gasteiger partial charge on any atom is 0.410 e. The Morgan fingerprint density at radius 1 is 0.971 bits per heavy atom. The third kappa shape index (κ3) is 7.39. The highest BCUT2D eigenvalue weighted by molar-refractivity contribution is 7.99. The fourth-order valence-corrected chi connectivity index (χ4v) is 6.54. The van der Waals surface area contributed by atoms with Crippen molar-refractivity contribution < 1.29 is 14.3 Å². The number of piperazine rings is 1. The molecule has 35 heavy (non-hydrogen) atoms. The van der Waals surface area contributed by atoms with Crippen LogP contribution in [0.1, 0.15) is 59.3 Å². The standard InChI is InChI=1S/C28H43N3O3S/c1-27(2,3)34-26(33)31-21-28(22-31)13-11-23(12-14-28)25(32)30-18-16-29(17-19-30)15-7-8-20-35-24-9-5-4-6-10-24/h4-6,9-10,23H,7-8,11-22H2,1-3H3. The van der Waals surface area contributed by atoms with Crippen LogP contribution in [-0.4, -0.2) is 83.9 Å². The van der Waals surface area contributed by atoms with Crippen LogP contribution in [0.25, 0.3) is 0 Å². The first-order chi connectivity index (χ1) is 16.7. The van der Waals surface area contributed by atoms with Crippen molar-refractivity contribution in [3.63, 3.8) is 0 Å². The molecule has 2 aliphatic heterocycles. The molecular formula is C28H43N3O3S. The molecule has 194 valence electrons. The van der Waals surface area contributed by atoms with Gasteiger partial charge < -0.3 is 14.5 Å². The van der Waals surface area contributed by atoms with Crippen LogP contribution in [0.5, 0.6) is 0 Å². The van der Waals surface area contributed by atoms with E-state index in [-0.39, 0.29) is 17.4 Å². The number of ether oxygens (including phenoxy) is 1. The van der Waals surface area contributed by atoms with Crippen molar-refractivity contribution in [1.29, 1.82) is 0 Å². The molecule has 1 spiro atoms. The molecule has 0 N–H and O–H groups in total. The van der Waals surface area contributed by atoms with E-state index in [1.807, 2.05) is 37.4 Å². The molecule has 3 aliphatic rings. The van der Waals surface area contributed by atoms with Gasteiger partial charge in [-0.2, -0.15) is 0 Å². The third-order valence-corrected chi connectivity index (χ3v) is 8.76. The van der Waals surface area contributed by atoms with Crippen molar-refractivity contribution in [2.75, 3.05) is 51.6 Å². The number of benzene rings is 1. The molecule has 3 fully saturated rings. The number of hydrogen-bond donors (Lipinski definition) is 0. The Kier molecular flexibility index (Phi) is 8.69. The maximum atomic E-state index is 13.2. The first-order valence-corrected chi connectivity index (χ1v) is 14.4. The number of carbonyl (C=O) groups is 2. The largest absolute Gasteiger partial charge is 0.444 e. The van der Waals surface area contributed by atoms with Crippen LogP contribution in [0.4, 0.5) is 4.79 Å². The van der Waals surface area contributed by atoms with Crippen molar-refractivity contribution in [1.82, 2.24) is 14.7 Å². The number of thioether (sulfide) groups is 1. The van der Waals surface area contributed by atoms with Gasteiger partial charge in [0.2, 0.25) is 5.91 Å².